The molecule has 1 aliphatic rings. The fraction of sp³-hybridized carbons (Fsp3) is 0.294. The van der Waals surface area contributed by atoms with E-state index < -0.39 is 23.8 Å². The number of benzene rings is 1. The third-order valence-corrected chi connectivity index (χ3v) is 4.00. The lowest BCUT2D eigenvalue weighted by Crippen LogP contribution is -2.37. The summed E-state index contributed by atoms with van der Waals surface area (Å²) in [6.45, 7) is 0.350. The standard InChI is InChI=1S/C17H18FN5O3/c18-12-3-1-2-11(6-12)9-23-16(25)14(22-17(23)26)7-15(24)20-5-4-13-8-19-10-21-13/h1-3,6,8,10,14H,4-5,7,9H2,(H,19,21)(H,20,24)(H,22,26). The van der Waals surface area contributed by atoms with E-state index in [2.05, 4.69) is 20.6 Å². The minimum absolute atomic E-state index is 0.0413. The highest BCUT2D eigenvalue weighted by atomic mass is 19.1. The Bertz CT molecular complexity index is 808. The fourth-order valence-electron chi connectivity index (χ4n) is 2.70. The van der Waals surface area contributed by atoms with Crippen LogP contribution in [0.4, 0.5) is 9.18 Å². The number of hydrogen-bond donors (Lipinski definition) is 3. The minimum Gasteiger partial charge on any atom is -0.356 e. The maximum Gasteiger partial charge on any atom is 0.325 e. The lowest BCUT2D eigenvalue weighted by atomic mass is 10.1. The molecule has 3 rings (SSSR count). The fourth-order valence-corrected chi connectivity index (χ4v) is 2.70. The molecule has 2 aromatic rings. The highest BCUT2D eigenvalue weighted by molar-refractivity contribution is 6.05. The quantitative estimate of drug-likeness (QED) is 0.633. The van der Waals surface area contributed by atoms with E-state index in [1.54, 1.807) is 18.6 Å². The zero-order valence-corrected chi connectivity index (χ0v) is 13.9. The van der Waals surface area contributed by atoms with Crippen LogP contribution in [0.3, 0.4) is 0 Å². The van der Waals surface area contributed by atoms with Crippen molar-refractivity contribution in [2.75, 3.05) is 6.54 Å². The summed E-state index contributed by atoms with van der Waals surface area (Å²) in [7, 11) is 0. The van der Waals surface area contributed by atoms with Gasteiger partial charge in [-0.3, -0.25) is 14.5 Å². The van der Waals surface area contributed by atoms with Gasteiger partial charge in [0, 0.05) is 24.9 Å². The molecule has 8 nitrogen and oxygen atoms in total. The second kappa shape index (κ2) is 7.77. The Kier molecular flexibility index (Phi) is 5.26. The van der Waals surface area contributed by atoms with E-state index in [0.717, 1.165) is 10.6 Å². The first kappa shape index (κ1) is 17.6. The van der Waals surface area contributed by atoms with Crippen molar-refractivity contribution < 1.29 is 18.8 Å². The number of halogens is 1. The molecule has 0 bridgehead atoms. The Morgan fingerprint density at radius 1 is 1.35 bits per heavy atom. The average molecular weight is 359 g/mol. The van der Waals surface area contributed by atoms with Gasteiger partial charge in [0.15, 0.2) is 0 Å². The van der Waals surface area contributed by atoms with E-state index in [-0.39, 0.29) is 18.9 Å². The number of rotatable bonds is 7. The van der Waals surface area contributed by atoms with Crippen LogP contribution in [0.2, 0.25) is 0 Å². The molecule has 0 radical (unpaired) electrons. The number of urea groups is 1. The van der Waals surface area contributed by atoms with Gasteiger partial charge in [0.05, 0.1) is 19.3 Å². The van der Waals surface area contributed by atoms with E-state index in [9.17, 15) is 18.8 Å². The van der Waals surface area contributed by atoms with Gasteiger partial charge in [-0.1, -0.05) is 12.1 Å². The summed E-state index contributed by atoms with van der Waals surface area (Å²) in [5, 5.41) is 5.19. The van der Waals surface area contributed by atoms with Gasteiger partial charge in [0.25, 0.3) is 5.91 Å². The number of carbonyl (C=O) groups is 3. The molecule has 1 unspecified atom stereocenters. The molecule has 1 aromatic carbocycles. The number of imidazole rings is 1. The van der Waals surface area contributed by atoms with Crippen LogP contribution in [-0.2, 0) is 22.6 Å². The van der Waals surface area contributed by atoms with Crippen LogP contribution in [0.1, 0.15) is 17.7 Å². The molecule has 1 aliphatic heterocycles. The van der Waals surface area contributed by atoms with Crippen molar-refractivity contribution in [3.63, 3.8) is 0 Å². The topological polar surface area (TPSA) is 107 Å². The van der Waals surface area contributed by atoms with Gasteiger partial charge >= 0.3 is 6.03 Å². The predicted octanol–water partition coefficient (Wildman–Crippen LogP) is 0.718. The van der Waals surface area contributed by atoms with Crippen molar-refractivity contribution in [3.8, 4) is 0 Å². The average Bonchev–Trinajstić information content (AvgIpc) is 3.19. The van der Waals surface area contributed by atoms with Crippen LogP contribution < -0.4 is 10.6 Å². The normalized spacial score (nSPS) is 16.7. The van der Waals surface area contributed by atoms with Gasteiger partial charge in [0.2, 0.25) is 5.91 Å². The first-order chi connectivity index (χ1) is 12.5. The van der Waals surface area contributed by atoms with Crippen LogP contribution in [0.25, 0.3) is 0 Å². The minimum atomic E-state index is -0.914. The number of nitrogens with one attached hydrogen (secondary N) is 3. The van der Waals surface area contributed by atoms with Crippen LogP contribution in [0.15, 0.2) is 36.8 Å². The summed E-state index contributed by atoms with van der Waals surface area (Å²) in [5.74, 6) is -1.28. The monoisotopic (exact) mass is 359 g/mol. The molecule has 1 fully saturated rings. The molecule has 9 heteroatoms. The van der Waals surface area contributed by atoms with Crippen molar-refractivity contribution in [3.05, 3.63) is 53.9 Å². The van der Waals surface area contributed by atoms with E-state index in [0.29, 0.717) is 18.5 Å². The Balaban J connectivity index is 1.50. The number of H-pyrrole nitrogens is 1. The largest absolute Gasteiger partial charge is 0.356 e. The van der Waals surface area contributed by atoms with Gasteiger partial charge in [-0.2, -0.15) is 0 Å². The van der Waals surface area contributed by atoms with Crippen LogP contribution >= 0.6 is 0 Å². The number of nitrogens with zero attached hydrogens (tertiary/aromatic N) is 2. The van der Waals surface area contributed by atoms with Gasteiger partial charge in [-0.15, -0.1) is 0 Å². The van der Waals surface area contributed by atoms with Crippen molar-refractivity contribution in [2.45, 2.75) is 25.4 Å². The van der Waals surface area contributed by atoms with Gasteiger partial charge < -0.3 is 15.6 Å². The van der Waals surface area contributed by atoms with E-state index in [4.69, 9.17) is 0 Å². The third kappa shape index (κ3) is 4.24. The van der Waals surface area contributed by atoms with Crippen molar-refractivity contribution >= 4 is 17.8 Å². The second-order valence-electron chi connectivity index (χ2n) is 5.94. The zero-order valence-electron chi connectivity index (χ0n) is 13.9. The summed E-state index contributed by atoms with van der Waals surface area (Å²) in [5.41, 5.74) is 1.38. The summed E-state index contributed by atoms with van der Waals surface area (Å²) in [6, 6.07) is 4.17. The van der Waals surface area contributed by atoms with Gasteiger partial charge in [0.1, 0.15) is 11.9 Å². The summed E-state index contributed by atoms with van der Waals surface area (Å²) < 4.78 is 13.2. The summed E-state index contributed by atoms with van der Waals surface area (Å²) in [6.07, 6.45) is 3.66. The SMILES string of the molecule is O=C(CC1NC(=O)N(Cc2cccc(F)c2)C1=O)NCCc1cnc[nH]1. The molecule has 1 aromatic heterocycles. The molecule has 0 aliphatic carbocycles. The third-order valence-electron chi connectivity index (χ3n) is 4.00. The highest BCUT2D eigenvalue weighted by Gasteiger charge is 2.38. The van der Waals surface area contributed by atoms with Crippen molar-refractivity contribution in [1.82, 2.24) is 25.5 Å². The number of hydrogen-bond acceptors (Lipinski definition) is 4. The molecule has 0 spiro atoms. The van der Waals surface area contributed by atoms with E-state index >= 15 is 0 Å². The number of aromatic nitrogens is 2. The maximum atomic E-state index is 13.2. The zero-order chi connectivity index (χ0) is 18.5. The molecule has 1 saturated heterocycles. The molecule has 0 saturated carbocycles. The molecule has 4 amide bonds. The van der Waals surface area contributed by atoms with E-state index in [1.807, 2.05) is 0 Å². The maximum absolute atomic E-state index is 13.2. The summed E-state index contributed by atoms with van der Waals surface area (Å²) in [4.78, 5) is 44.1. The molecule has 1 atom stereocenters. The van der Waals surface area contributed by atoms with Gasteiger partial charge in [-0.25, -0.2) is 14.2 Å². The Morgan fingerprint density at radius 2 is 2.19 bits per heavy atom. The van der Waals surface area contributed by atoms with Crippen molar-refractivity contribution in [2.24, 2.45) is 0 Å². The molecular formula is C17H18FN5O3. The Labute approximate surface area is 148 Å². The molecule has 26 heavy (non-hydrogen) atoms. The molecule has 136 valence electrons. The van der Waals surface area contributed by atoms with E-state index in [1.165, 1.54) is 18.2 Å². The lowest BCUT2D eigenvalue weighted by molar-refractivity contribution is -0.131. The first-order valence-electron chi connectivity index (χ1n) is 8.13. The molecule has 2 heterocycles. The van der Waals surface area contributed by atoms with Crippen molar-refractivity contribution in [1.29, 1.82) is 0 Å². The Morgan fingerprint density at radius 3 is 2.92 bits per heavy atom. The smallest absolute Gasteiger partial charge is 0.325 e. The number of amides is 4. The number of imide groups is 1. The highest BCUT2D eigenvalue weighted by Crippen LogP contribution is 2.14. The van der Waals surface area contributed by atoms with Crippen LogP contribution in [-0.4, -0.2) is 45.3 Å². The van der Waals surface area contributed by atoms with Gasteiger partial charge in [-0.05, 0) is 17.7 Å². The lowest BCUT2D eigenvalue weighted by Gasteiger charge is -2.13. The second-order valence-corrected chi connectivity index (χ2v) is 5.94. The summed E-state index contributed by atoms with van der Waals surface area (Å²) >= 11 is 0. The van der Waals surface area contributed by atoms with Crippen LogP contribution in [0.5, 0.6) is 0 Å². The predicted molar refractivity (Wildman–Crippen MR) is 89.2 cm³/mol. The molecule has 3 N–H and O–H groups in total. The molecular weight excluding hydrogens is 341 g/mol. The number of carbonyl (C=O) groups excluding carboxylic acids is 3. The first-order valence-corrected chi connectivity index (χ1v) is 8.13. The number of aromatic amines is 1. The Hall–Kier alpha value is -3.23. The van der Waals surface area contributed by atoms with Crippen LogP contribution in [0, 0.1) is 5.82 Å².